The van der Waals surface area contributed by atoms with E-state index in [2.05, 4.69) is 15.2 Å². The van der Waals surface area contributed by atoms with E-state index in [1.54, 1.807) is 17.4 Å². The van der Waals surface area contributed by atoms with E-state index >= 15 is 0 Å². The van der Waals surface area contributed by atoms with Gasteiger partial charge in [0.05, 0.1) is 17.6 Å². The van der Waals surface area contributed by atoms with E-state index in [9.17, 15) is 9.59 Å². The summed E-state index contributed by atoms with van der Waals surface area (Å²) in [5, 5.41) is 10.1. The Balaban J connectivity index is 1.34. The molecule has 0 spiro atoms. The predicted molar refractivity (Wildman–Crippen MR) is 124 cm³/mol. The van der Waals surface area contributed by atoms with E-state index in [0.717, 1.165) is 39.3 Å². The summed E-state index contributed by atoms with van der Waals surface area (Å²) in [7, 11) is 1.37. The third-order valence-corrected chi connectivity index (χ3v) is 6.98. The smallest absolute Gasteiger partial charge is 0.337 e. The quantitative estimate of drug-likeness (QED) is 0.343. The SMILES string of the molecule is COC(=O)c1ccc2[nH]c3c(c2c1)CN(C(=O)CCn1c(-c2cccs2)n[nH]c1=S)CC3. The summed E-state index contributed by atoms with van der Waals surface area (Å²) in [5.74, 6) is 0.448. The lowest BCUT2D eigenvalue weighted by Gasteiger charge is -2.27. The van der Waals surface area contributed by atoms with Crippen molar-refractivity contribution in [3.63, 3.8) is 0 Å². The number of aromatic nitrogens is 4. The number of amides is 1. The first-order valence-corrected chi connectivity index (χ1v) is 11.5. The molecule has 8 nitrogen and oxygen atoms in total. The predicted octanol–water partition coefficient (Wildman–Crippen LogP) is 3.91. The van der Waals surface area contributed by atoms with Crippen LogP contribution in [-0.4, -0.2) is 50.2 Å². The highest BCUT2D eigenvalue weighted by Crippen LogP contribution is 2.29. The van der Waals surface area contributed by atoms with Crippen LogP contribution in [0.2, 0.25) is 0 Å². The second kappa shape index (κ2) is 8.36. The molecule has 1 aliphatic heterocycles. The number of esters is 1. The highest BCUT2D eigenvalue weighted by atomic mass is 32.1. The number of hydrogen-bond donors (Lipinski definition) is 2. The summed E-state index contributed by atoms with van der Waals surface area (Å²) >= 11 is 6.96. The first-order chi connectivity index (χ1) is 15.5. The number of rotatable bonds is 5. The normalized spacial score (nSPS) is 13.3. The number of carbonyl (C=O) groups is 2. The molecule has 1 amide bonds. The van der Waals surface area contributed by atoms with Crippen LogP contribution in [0.15, 0.2) is 35.7 Å². The van der Waals surface area contributed by atoms with E-state index in [4.69, 9.17) is 17.0 Å². The average Bonchev–Trinajstić information content (AvgIpc) is 3.54. The zero-order valence-corrected chi connectivity index (χ0v) is 19.0. The molecule has 0 atom stereocenters. The van der Waals surface area contributed by atoms with Crippen molar-refractivity contribution in [2.75, 3.05) is 13.7 Å². The lowest BCUT2D eigenvalue weighted by Crippen LogP contribution is -2.36. The number of carbonyl (C=O) groups excluding carboxylic acids is 2. The van der Waals surface area contributed by atoms with Gasteiger partial charge in [-0.3, -0.25) is 14.5 Å². The molecule has 4 aromatic rings. The third-order valence-electron chi connectivity index (χ3n) is 5.80. The van der Waals surface area contributed by atoms with E-state index in [1.165, 1.54) is 7.11 Å². The number of ether oxygens (including phenoxy) is 1. The maximum atomic E-state index is 13.1. The maximum Gasteiger partial charge on any atom is 0.337 e. The average molecular weight is 468 g/mol. The van der Waals surface area contributed by atoms with Crippen LogP contribution in [0.1, 0.15) is 28.0 Å². The number of thiophene rings is 1. The van der Waals surface area contributed by atoms with Crippen LogP contribution in [0.25, 0.3) is 21.6 Å². The maximum absolute atomic E-state index is 13.1. The lowest BCUT2D eigenvalue weighted by molar-refractivity contribution is -0.132. The van der Waals surface area contributed by atoms with Crippen molar-refractivity contribution in [2.45, 2.75) is 25.9 Å². The molecule has 4 heterocycles. The zero-order valence-electron chi connectivity index (χ0n) is 17.4. The van der Waals surface area contributed by atoms with E-state index in [0.29, 0.717) is 36.4 Å². The molecule has 0 aliphatic carbocycles. The fourth-order valence-electron chi connectivity index (χ4n) is 4.16. The number of fused-ring (bicyclic) bond motifs is 3. The molecule has 1 aliphatic rings. The Morgan fingerprint density at radius 2 is 2.19 bits per heavy atom. The second-order valence-corrected chi connectivity index (χ2v) is 8.97. The van der Waals surface area contributed by atoms with Gasteiger partial charge in [-0.05, 0) is 41.9 Å². The van der Waals surface area contributed by atoms with Gasteiger partial charge >= 0.3 is 5.97 Å². The molecule has 0 fully saturated rings. The number of methoxy groups -OCH3 is 1. The molecule has 2 N–H and O–H groups in total. The molecule has 5 rings (SSSR count). The van der Waals surface area contributed by atoms with Crippen LogP contribution in [0.5, 0.6) is 0 Å². The van der Waals surface area contributed by atoms with Crippen LogP contribution in [0.4, 0.5) is 0 Å². The van der Waals surface area contributed by atoms with Crippen LogP contribution >= 0.6 is 23.6 Å². The standard InChI is InChI=1S/C22H21N5O3S2/c1-30-21(29)13-4-5-16-14(11-13)15-12-26(8-6-17(15)23-16)19(28)7-9-27-20(24-25-22(27)31)18-3-2-10-32-18/h2-5,10-11,23H,6-9,12H2,1H3,(H,25,31). The molecule has 0 unspecified atom stereocenters. The third kappa shape index (κ3) is 3.65. The van der Waals surface area contributed by atoms with Crippen molar-refractivity contribution in [3.05, 3.63) is 57.3 Å². The summed E-state index contributed by atoms with van der Waals surface area (Å²) in [6.45, 7) is 1.62. The molecule has 32 heavy (non-hydrogen) atoms. The molecule has 1 aromatic carbocycles. The minimum absolute atomic E-state index is 0.0642. The fraction of sp³-hybridized carbons (Fsp3) is 0.273. The van der Waals surface area contributed by atoms with Crippen molar-refractivity contribution in [2.24, 2.45) is 0 Å². The van der Waals surface area contributed by atoms with Crippen molar-refractivity contribution in [3.8, 4) is 10.7 Å². The Morgan fingerprint density at radius 3 is 2.97 bits per heavy atom. The molecule has 0 radical (unpaired) electrons. The van der Waals surface area contributed by atoms with Crippen LogP contribution in [0.3, 0.4) is 0 Å². The minimum Gasteiger partial charge on any atom is -0.465 e. The molecule has 0 bridgehead atoms. The number of aromatic amines is 2. The van der Waals surface area contributed by atoms with Gasteiger partial charge in [0, 0.05) is 54.6 Å². The number of nitrogens with zero attached hydrogens (tertiary/aromatic N) is 3. The van der Waals surface area contributed by atoms with Crippen molar-refractivity contribution in [1.82, 2.24) is 24.6 Å². The van der Waals surface area contributed by atoms with Gasteiger partial charge in [0.15, 0.2) is 10.6 Å². The van der Waals surface area contributed by atoms with Gasteiger partial charge < -0.3 is 14.6 Å². The van der Waals surface area contributed by atoms with Crippen LogP contribution in [0, 0.1) is 4.77 Å². The molecule has 0 saturated carbocycles. The Morgan fingerprint density at radius 1 is 1.31 bits per heavy atom. The van der Waals surface area contributed by atoms with Gasteiger partial charge in [-0.15, -0.1) is 11.3 Å². The summed E-state index contributed by atoms with van der Waals surface area (Å²) in [4.78, 5) is 31.3. The summed E-state index contributed by atoms with van der Waals surface area (Å²) in [6, 6.07) is 9.42. The molecule has 3 aromatic heterocycles. The number of nitrogens with one attached hydrogen (secondary N) is 2. The zero-order chi connectivity index (χ0) is 22.2. The monoisotopic (exact) mass is 467 g/mol. The number of benzene rings is 1. The largest absolute Gasteiger partial charge is 0.465 e. The van der Waals surface area contributed by atoms with Gasteiger partial charge in [-0.25, -0.2) is 4.79 Å². The molecule has 0 saturated heterocycles. The van der Waals surface area contributed by atoms with Gasteiger partial charge in [0.25, 0.3) is 0 Å². The van der Waals surface area contributed by atoms with Crippen molar-refractivity contribution < 1.29 is 14.3 Å². The van der Waals surface area contributed by atoms with Gasteiger partial charge in [-0.2, -0.15) is 5.10 Å². The molecular weight excluding hydrogens is 446 g/mol. The van der Waals surface area contributed by atoms with E-state index in [-0.39, 0.29) is 11.9 Å². The first kappa shape index (κ1) is 20.7. The molecule has 164 valence electrons. The minimum atomic E-state index is -0.371. The highest BCUT2D eigenvalue weighted by Gasteiger charge is 2.25. The van der Waals surface area contributed by atoms with Crippen molar-refractivity contribution >= 4 is 46.3 Å². The Bertz CT molecular complexity index is 1370. The lowest BCUT2D eigenvalue weighted by atomic mass is 10.0. The van der Waals surface area contributed by atoms with Gasteiger partial charge in [-0.1, -0.05) is 6.07 Å². The first-order valence-electron chi connectivity index (χ1n) is 10.2. The van der Waals surface area contributed by atoms with Crippen LogP contribution < -0.4 is 0 Å². The van der Waals surface area contributed by atoms with E-state index in [1.807, 2.05) is 39.1 Å². The summed E-state index contributed by atoms with van der Waals surface area (Å²) in [6.07, 6.45) is 1.08. The summed E-state index contributed by atoms with van der Waals surface area (Å²) in [5.41, 5.74) is 3.63. The van der Waals surface area contributed by atoms with E-state index < -0.39 is 0 Å². The van der Waals surface area contributed by atoms with Crippen molar-refractivity contribution in [1.29, 1.82) is 0 Å². The number of hydrogen-bond acceptors (Lipinski definition) is 6. The summed E-state index contributed by atoms with van der Waals surface area (Å²) < 4.78 is 7.23. The molecule has 10 heteroatoms. The molecular formula is C22H21N5O3S2. The Labute approximate surface area is 192 Å². The number of H-pyrrole nitrogens is 2. The van der Waals surface area contributed by atoms with Gasteiger partial charge in [0.2, 0.25) is 5.91 Å². The Hall–Kier alpha value is -3.24. The second-order valence-electron chi connectivity index (χ2n) is 7.63. The fourth-order valence-corrected chi connectivity index (χ4v) is 5.10. The topological polar surface area (TPSA) is 96.0 Å². The highest BCUT2D eigenvalue weighted by molar-refractivity contribution is 7.71. The van der Waals surface area contributed by atoms with Crippen LogP contribution in [-0.2, 0) is 29.0 Å². The van der Waals surface area contributed by atoms with Gasteiger partial charge in [0.1, 0.15) is 0 Å². The Kier molecular flexibility index (Phi) is 5.40.